The lowest BCUT2D eigenvalue weighted by Gasteiger charge is -2.24. The lowest BCUT2D eigenvalue weighted by molar-refractivity contribution is -0.384. The van der Waals surface area contributed by atoms with Crippen molar-refractivity contribution in [3.63, 3.8) is 0 Å². The Balaban J connectivity index is 0.000000615. The highest BCUT2D eigenvalue weighted by atomic mass is 16.6. The summed E-state index contributed by atoms with van der Waals surface area (Å²) in [5.41, 5.74) is 2.57. The number of fused-ring (bicyclic) bond motifs is 1. The fourth-order valence-electron chi connectivity index (χ4n) is 3.04. The molecule has 0 unspecified atom stereocenters. The zero-order valence-corrected chi connectivity index (χ0v) is 16.6. The molecule has 144 valence electrons. The van der Waals surface area contributed by atoms with Crippen molar-refractivity contribution in [3.8, 4) is 0 Å². The molecule has 6 heteroatoms. The molecule has 1 aliphatic rings. The molecule has 1 saturated carbocycles. The summed E-state index contributed by atoms with van der Waals surface area (Å²) in [5.74, 6) is 0. The zero-order valence-electron chi connectivity index (χ0n) is 16.6. The molecule has 2 N–H and O–H groups in total. The molecule has 0 spiro atoms. The number of pyridine rings is 1. The zero-order chi connectivity index (χ0) is 19.5. The monoisotopic (exact) mass is 360 g/mol. The van der Waals surface area contributed by atoms with Crippen LogP contribution in [0.3, 0.4) is 0 Å². The summed E-state index contributed by atoms with van der Waals surface area (Å²) in [5, 5.41) is 18.3. The summed E-state index contributed by atoms with van der Waals surface area (Å²) >= 11 is 0. The molecule has 1 aromatic heterocycles. The molecule has 6 nitrogen and oxygen atoms in total. The predicted octanol–water partition coefficient (Wildman–Crippen LogP) is 5.06. The highest BCUT2D eigenvalue weighted by Crippen LogP contribution is 2.34. The Bertz CT molecular complexity index is 698. The molecular formula is C20H32N4O2. The number of aromatic nitrogens is 1. The lowest BCUT2D eigenvalue weighted by atomic mass is 9.95. The molecule has 3 rings (SSSR count). The van der Waals surface area contributed by atoms with Gasteiger partial charge in [-0.25, -0.2) is 4.98 Å². The highest BCUT2D eigenvalue weighted by Gasteiger charge is 2.22. The summed E-state index contributed by atoms with van der Waals surface area (Å²) in [6.07, 6.45) is 7.15. The number of benzene rings is 1. The van der Waals surface area contributed by atoms with Crippen LogP contribution in [0.15, 0.2) is 24.4 Å². The van der Waals surface area contributed by atoms with Crippen molar-refractivity contribution >= 4 is 22.3 Å². The van der Waals surface area contributed by atoms with E-state index in [1.165, 1.54) is 25.5 Å². The molecule has 26 heavy (non-hydrogen) atoms. The van der Waals surface area contributed by atoms with Gasteiger partial charge in [-0.3, -0.25) is 10.1 Å². The lowest BCUT2D eigenvalue weighted by Crippen LogP contribution is -2.23. The van der Waals surface area contributed by atoms with Crippen molar-refractivity contribution < 1.29 is 4.92 Å². The molecule has 1 fully saturated rings. The minimum absolute atomic E-state index is 0.0682. The minimum atomic E-state index is -0.347. The Morgan fingerprint density at radius 2 is 1.77 bits per heavy atom. The molecule has 1 heterocycles. The number of nitrogens with zero attached hydrogens (tertiary/aromatic N) is 2. The van der Waals surface area contributed by atoms with E-state index in [9.17, 15) is 10.1 Å². The standard InChI is InChI=1S/C16H19N3O2.C2H7N.C2H6/c1-11-7-8-14-13(9-11)16(15(10-17-14)19(20)21)18-12-5-3-2-4-6-12;1-3-2;1-2/h7-10,12H,2-6H2,1H3,(H,17,18);3H,1-2H3;1-2H3. The fraction of sp³-hybridized carbons (Fsp3) is 0.550. The van der Waals surface area contributed by atoms with Crippen LogP contribution in [-0.4, -0.2) is 30.0 Å². The van der Waals surface area contributed by atoms with Crippen LogP contribution in [0.2, 0.25) is 0 Å². The average Bonchev–Trinajstić information content (AvgIpc) is 2.65. The van der Waals surface area contributed by atoms with E-state index in [1.54, 1.807) is 0 Å². The first-order valence-corrected chi connectivity index (χ1v) is 9.45. The fourth-order valence-corrected chi connectivity index (χ4v) is 3.04. The van der Waals surface area contributed by atoms with Crippen molar-refractivity contribution in [1.29, 1.82) is 0 Å². The van der Waals surface area contributed by atoms with Crippen LogP contribution in [0.1, 0.15) is 51.5 Å². The molecule has 0 radical (unpaired) electrons. The van der Waals surface area contributed by atoms with Gasteiger partial charge in [-0.15, -0.1) is 0 Å². The van der Waals surface area contributed by atoms with Crippen LogP contribution >= 0.6 is 0 Å². The SMILES string of the molecule is CC.CNC.Cc1ccc2ncc([N+](=O)[O-])c(NC3CCCCC3)c2c1. The first kappa shape index (κ1) is 21.8. The number of hydrogen-bond donors (Lipinski definition) is 2. The number of nitrogens with one attached hydrogen (secondary N) is 2. The van der Waals surface area contributed by atoms with Gasteiger partial charge in [0.15, 0.2) is 0 Å². The summed E-state index contributed by atoms with van der Waals surface area (Å²) in [4.78, 5) is 15.2. The molecular weight excluding hydrogens is 328 g/mol. The van der Waals surface area contributed by atoms with E-state index in [0.29, 0.717) is 11.7 Å². The number of aryl methyl sites for hydroxylation is 1. The van der Waals surface area contributed by atoms with E-state index in [0.717, 1.165) is 29.3 Å². The second kappa shape index (κ2) is 11.4. The van der Waals surface area contributed by atoms with Crippen molar-refractivity contribution in [1.82, 2.24) is 10.3 Å². The number of anilines is 1. The van der Waals surface area contributed by atoms with Crippen LogP contribution in [-0.2, 0) is 0 Å². The largest absolute Gasteiger partial charge is 0.376 e. The van der Waals surface area contributed by atoms with Crippen molar-refractivity contribution in [2.45, 2.75) is 58.9 Å². The first-order valence-electron chi connectivity index (χ1n) is 9.45. The van der Waals surface area contributed by atoms with Gasteiger partial charge in [-0.1, -0.05) is 44.7 Å². The number of rotatable bonds is 3. The van der Waals surface area contributed by atoms with Crippen LogP contribution in [0, 0.1) is 17.0 Å². The molecule has 0 bridgehead atoms. The minimum Gasteiger partial charge on any atom is -0.376 e. The van der Waals surface area contributed by atoms with E-state index < -0.39 is 0 Å². The van der Waals surface area contributed by atoms with Gasteiger partial charge in [0.2, 0.25) is 0 Å². The van der Waals surface area contributed by atoms with Gasteiger partial charge in [-0.05, 0) is 46.0 Å². The number of nitro groups is 1. The van der Waals surface area contributed by atoms with Crippen molar-refractivity contribution in [2.75, 3.05) is 19.4 Å². The summed E-state index contributed by atoms with van der Waals surface area (Å²) in [7, 11) is 3.75. The molecule has 1 aliphatic carbocycles. The smallest absolute Gasteiger partial charge is 0.311 e. The topological polar surface area (TPSA) is 80.1 Å². The van der Waals surface area contributed by atoms with Gasteiger partial charge in [0.25, 0.3) is 0 Å². The molecule has 0 saturated heterocycles. The average molecular weight is 361 g/mol. The van der Waals surface area contributed by atoms with Gasteiger partial charge in [0.1, 0.15) is 11.9 Å². The molecule has 0 aliphatic heterocycles. The maximum absolute atomic E-state index is 11.3. The molecule has 0 atom stereocenters. The van der Waals surface area contributed by atoms with E-state index in [2.05, 4.69) is 15.6 Å². The van der Waals surface area contributed by atoms with Crippen LogP contribution < -0.4 is 10.6 Å². The second-order valence-corrected chi connectivity index (χ2v) is 6.28. The van der Waals surface area contributed by atoms with Gasteiger partial charge < -0.3 is 10.6 Å². The van der Waals surface area contributed by atoms with E-state index in [1.807, 2.05) is 53.1 Å². The van der Waals surface area contributed by atoms with Crippen LogP contribution in [0.4, 0.5) is 11.4 Å². The molecule has 1 aromatic carbocycles. The third kappa shape index (κ3) is 5.95. The summed E-state index contributed by atoms with van der Waals surface area (Å²) in [6, 6.07) is 6.19. The second-order valence-electron chi connectivity index (χ2n) is 6.28. The summed E-state index contributed by atoms with van der Waals surface area (Å²) < 4.78 is 0. The van der Waals surface area contributed by atoms with Gasteiger partial charge in [-0.2, -0.15) is 0 Å². The van der Waals surface area contributed by atoms with Crippen LogP contribution in [0.25, 0.3) is 10.9 Å². The Kier molecular flexibility index (Phi) is 9.58. The molecule has 2 aromatic rings. The van der Waals surface area contributed by atoms with Crippen molar-refractivity contribution in [3.05, 3.63) is 40.1 Å². The van der Waals surface area contributed by atoms with Crippen molar-refractivity contribution in [2.24, 2.45) is 0 Å². The van der Waals surface area contributed by atoms with Gasteiger partial charge in [0, 0.05) is 11.4 Å². The normalized spacial score (nSPS) is 13.9. The Hall–Kier alpha value is -2.21. The third-order valence-corrected chi connectivity index (χ3v) is 4.15. The number of hydrogen-bond acceptors (Lipinski definition) is 5. The van der Waals surface area contributed by atoms with E-state index >= 15 is 0 Å². The quantitative estimate of drug-likeness (QED) is 0.591. The van der Waals surface area contributed by atoms with Crippen LogP contribution in [0.5, 0.6) is 0 Å². The first-order chi connectivity index (χ1) is 12.6. The maximum atomic E-state index is 11.3. The Morgan fingerprint density at radius 3 is 2.35 bits per heavy atom. The van der Waals surface area contributed by atoms with E-state index in [4.69, 9.17) is 0 Å². The maximum Gasteiger partial charge on any atom is 0.311 e. The predicted molar refractivity (Wildman–Crippen MR) is 110 cm³/mol. The Morgan fingerprint density at radius 1 is 1.15 bits per heavy atom. The highest BCUT2D eigenvalue weighted by molar-refractivity contribution is 5.96. The third-order valence-electron chi connectivity index (χ3n) is 4.15. The molecule has 0 amide bonds. The van der Waals surface area contributed by atoms with Gasteiger partial charge in [0.05, 0.1) is 10.4 Å². The van der Waals surface area contributed by atoms with E-state index in [-0.39, 0.29) is 10.6 Å². The summed E-state index contributed by atoms with van der Waals surface area (Å²) in [6.45, 7) is 5.99. The van der Waals surface area contributed by atoms with Gasteiger partial charge >= 0.3 is 5.69 Å². The Labute approximate surface area is 156 Å².